The molecule has 1 aromatic heterocycles. The number of aromatic nitrogens is 1. The lowest BCUT2D eigenvalue weighted by Gasteiger charge is -2.28. The number of carbonyl (C=O) groups excluding carboxylic acids is 1. The first kappa shape index (κ1) is 13.8. The molecule has 2 heterocycles. The van der Waals surface area contributed by atoms with Gasteiger partial charge in [-0.25, -0.2) is 0 Å². The van der Waals surface area contributed by atoms with E-state index in [9.17, 15) is 9.59 Å². The summed E-state index contributed by atoms with van der Waals surface area (Å²) in [5.41, 5.74) is 0.811. The Hall–Kier alpha value is -1.62. The van der Waals surface area contributed by atoms with Gasteiger partial charge in [0.15, 0.2) is 5.43 Å². The summed E-state index contributed by atoms with van der Waals surface area (Å²) in [6.45, 7) is 6.29. The minimum absolute atomic E-state index is 0.156. The van der Waals surface area contributed by atoms with Gasteiger partial charge < -0.3 is 15.2 Å². The third-order valence-corrected chi connectivity index (χ3v) is 3.49. The molecule has 5 nitrogen and oxygen atoms in total. The first-order chi connectivity index (χ1) is 9.13. The summed E-state index contributed by atoms with van der Waals surface area (Å²) in [5.74, 6) is -0.156. The van der Waals surface area contributed by atoms with Gasteiger partial charge in [-0.1, -0.05) is 6.92 Å². The van der Waals surface area contributed by atoms with E-state index in [0.717, 1.165) is 31.6 Å². The smallest absolute Gasteiger partial charge is 0.259 e. The summed E-state index contributed by atoms with van der Waals surface area (Å²) in [5, 5.41) is 3.26. The maximum atomic E-state index is 12.5. The second-order valence-corrected chi connectivity index (χ2v) is 5.04. The molecule has 1 atom stereocenters. The van der Waals surface area contributed by atoms with Crippen LogP contribution >= 0.6 is 0 Å². The van der Waals surface area contributed by atoms with E-state index in [4.69, 9.17) is 0 Å². The van der Waals surface area contributed by atoms with Crippen LogP contribution in [0.1, 0.15) is 35.8 Å². The molecule has 2 N–H and O–H groups in total. The van der Waals surface area contributed by atoms with Crippen molar-refractivity contribution in [2.75, 3.05) is 19.6 Å². The van der Waals surface area contributed by atoms with E-state index in [2.05, 4.69) is 10.3 Å². The van der Waals surface area contributed by atoms with Crippen molar-refractivity contribution in [1.29, 1.82) is 0 Å². The van der Waals surface area contributed by atoms with Gasteiger partial charge >= 0.3 is 0 Å². The number of hydrogen-bond donors (Lipinski definition) is 2. The fourth-order valence-electron chi connectivity index (χ4n) is 2.49. The van der Waals surface area contributed by atoms with Crippen molar-refractivity contribution in [1.82, 2.24) is 15.2 Å². The highest BCUT2D eigenvalue weighted by Crippen LogP contribution is 2.12. The Labute approximate surface area is 113 Å². The zero-order chi connectivity index (χ0) is 13.8. The number of rotatable bonds is 4. The number of amides is 1. The van der Waals surface area contributed by atoms with Crippen LogP contribution in [0.2, 0.25) is 0 Å². The van der Waals surface area contributed by atoms with Crippen LogP contribution < -0.4 is 10.7 Å². The van der Waals surface area contributed by atoms with E-state index in [1.807, 2.05) is 11.8 Å². The van der Waals surface area contributed by atoms with Gasteiger partial charge in [0.25, 0.3) is 5.91 Å². The molecule has 1 aliphatic heterocycles. The van der Waals surface area contributed by atoms with Crippen LogP contribution in [0.4, 0.5) is 0 Å². The van der Waals surface area contributed by atoms with E-state index in [1.54, 1.807) is 6.92 Å². The van der Waals surface area contributed by atoms with Crippen molar-refractivity contribution >= 4 is 5.91 Å². The third-order valence-electron chi connectivity index (χ3n) is 3.49. The van der Waals surface area contributed by atoms with Crippen molar-refractivity contribution in [3.05, 3.63) is 33.7 Å². The summed E-state index contributed by atoms with van der Waals surface area (Å²) < 4.78 is 0. The summed E-state index contributed by atoms with van der Waals surface area (Å²) in [6, 6.07) is 1.68. The molecule has 1 fully saturated rings. The molecule has 1 aliphatic rings. The number of aryl methyl sites for hydroxylation is 1. The highest BCUT2D eigenvalue weighted by molar-refractivity contribution is 5.94. The molecule has 0 aliphatic carbocycles. The van der Waals surface area contributed by atoms with Gasteiger partial charge in [-0.2, -0.15) is 0 Å². The molecule has 0 aromatic carbocycles. The van der Waals surface area contributed by atoms with Crippen LogP contribution in [0.25, 0.3) is 0 Å². The lowest BCUT2D eigenvalue weighted by atomic mass is 10.1. The highest BCUT2D eigenvalue weighted by atomic mass is 16.2. The van der Waals surface area contributed by atoms with E-state index in [-0.39, 0.29) is 22.9 Å². The van der Waals surface area contributed by atoms with E-state index in [0.29, 0.717) is 6.54 Å². The second-order valence-electron chi connectivity index (χ2n) is 5.04. The van der Waals surface area contributed by atoms with Crippen LogP contribution in [0.3, 0.4) is 0 Å². The molecule has 1 unspecified atom stereocenters. The fraction of sp³-hybridized carbons (Fsp3) is 0.571. The molecule has 0 radical (unpaired) electrons. The number of nitrogens with one attached hydrogen (secondary N) is 2. The van der Waals surface area contributed by atoms with Gasteiger partial charge in [-0.15, -0.1) is 0 Å². The quantitative estimate of drug-likeness (QED) is 0.848. The van der Waals surface area contributed by atoms with E-state index < -0.39 is 0 Å². The number of hydrogen-bond acceptors (Lipinski definition) is 3. The van der Waals surface area contributed by atoms with Crippen molar-refractivity contribution in [3.63, 3.8) is 0 Å². The molecule has 2 rings (SSSR count). The maximum Gasteiger partial charge on any atom is 0.259 e. The number of H-pyrrole nitrogens is 1. The normalized spacial score (nSPS) is 18.5. The largest absolute Gasteiger partial charge is 0.364 e. The molecular weight excluding hydrogens is 242 g/mol. The predicted octanol–water partition coefficient (Wildman–Crippen LogP) is 0.897. The Morgan fingerprint density at radius 1 is 1.53 bits per heavy atom. The predicted molar refractivity (Wildman–Crippen MR) is 74.4 cm³/mol. The third kappa shape index (κ3) is 3.04. The van der Waals surface area contributed by atoms with Crippen LogP contribution in [-0.4, -0.2) is 41.5 Å². The monoisotopic (exact) mass is 263 g/mol. The van der Waals surface area contributed by atoms with Crippen LogP contribution in [0.5, 0.6) is 0 Å². The average Bonchev–Trinajstić information content (AvgIpc) is 2.89. The topological polar surface area (TPSA) is 65.2 Å². The van der Waals surface area contributed by atoms with Gasteiger partial charge in [0, 0.05) is 37.1 Å². The molecule has 19 heavy (non-hydrogen) atoms. The SMILES string of the molecule is CCCN(C(=O)c1c[nH]c(C)cc1=O)C1CCNC1. The maximum absolute atomic E-state index is 12.5. The van der Waals surface area contributed by atoms with Crippen molar-refractivity contribution < 1.29 is 4.79 Å². The average molecular weight is 263 g/mol. The minimum Gasteiger partial charge on any atom is -0.364 e. The Kier molecular flexibility index (Phi) is 4.37. The summed E-state index contributed by atoms with van der Waals surface area (Å²) in [6.07, 6.45) is 3.38. The molecule has 0 saturated carbocycles. The molecular formula is C14H21N3O2. The zero-order valence-corrected chi connectivity index (χ0v) is 11.5. The Balaban J connectivity index is 2.25. The number of pyridine rings is 1. The summed E-state index contributed by atoms with van der Waals surface area (Å²) in [4.78, 5) is 29.2. The highest BCUT2D eigenvalue weighted by Gasteiger charge is 2.27. The fourth-order valence-corrected chi connectivity index (χ4v) is 2.49. The van der Waals surface area contributed by atoms with Crippen molar-refractivity contribution in [3.8, 4) is 0 Å². The summed E-state index contributed by atoms with van der Waals surface area (Å²) >= 11 is 0. The second kappa shape index (κ2) is 6.02. The van der Waals surface area contributed by atoms with Gasteiger partial charge in [-0.05, 0) is 26.3 Å². The standard InChI is InChI=1S/C14H21N3O2/c1-3-6-17(11-4-5-15-8-11)14(19)12-9-16-10(2)7-13(12)18/h7,9,11,15H,3-6,8H2,1-2H3,(H,16,18). The van der Waals surface area contributed by atoms with E-state index in [1.165, 1.54) is 12.3 Å². The minimum atomic E-state index is -0.201. The zero-order valence-electron chi connectivity index (χ0n) is 11.5. The summed E-state index contributed by atoms with van der Waals surface area (Å²) in [7, 11) is 0. The molecule has 5 heteroatoms. The van der Waals surface area contributed by atoms with Gasteiger partial charge in [0.1, 0.15) is 5.56 Å². The van der Waals surface area contributed by atoms with Crippen molar-refractivity contribution in [2.24, 2.45) is 0 Å². The number of aromatic amines is 1. The van der Waals surface area contributed by atoms with Crippen LogP contribution in [0.15, 0.2) is 17.1 Å². The molecule has 104 valence electrons. The van der Waals surface area contributed by atoms with Crippen LogP contribution in [0, 0.1) is 6.92 Å². The molecule has 0 spiro atoms. The lowest BCUT2D eigenvalue weighted by molar-refractivity contribution is 0.0690. The Morgan fingerprint density at radius 2 is 2.32 bits per heavy atom. The molecule has 0 bridgehead atoms. The van der Waals surface area contributed by atoms with Crippen LogP contribution in [-0.2, 0) is 0 Å². The first-order valence-corrected chi connectivity index (χ1v) is 6.84. The number of carbonyl (C=O) groups is 1. The van der Waals surface area contributed by atoms with Gasteiger partial charge in [0.05, 0.1) is 0 Å². The molecule has 1 aromatic rings. The number of nitrogens with zero attached hydrogens (tertiary/aromatic N) is 1. The molecule has 1 amide bonds. The Bertz CT molecular complexity index is 504. The van der Waals surface area contributed by atoms with Crippen molar-refractivity contribution in [2.45, 2.75) is 32.7 Å². The first-order valence-electron chi connectivity index (χ1n) is 6.84. The Morgan fingerprint density at radius 3 is 2.89 bits per heavy atom. The molecule has 1 saturated heterocycles. The van der Waals surface area contributed by atoms with Gasteiger partial charge in [-0.3, -0.25) is 9.59 Å². The lowest BCUT2D eigenvalue weighted by Crippen LogP contribution is -2.43. The van der Waals surface area contributed by atoms with E-state index >= 15 is 0 Å². The van der Waals surface area contributed by atoms with Gasteiger partial charge in [0.2, 0.25) is 0 Å².